The second-order valence-corrected chi connectivity index (χ2v) is 5.47. The van der Waals surface area contributed by atoms with E-state index in [4.69, 9.17) is 10.5 Å². The predicted molar refractivity (Wildman–Crippen MR) is 83.0 cm³/mol. The monoisotopic (exact) mass is 305 g/mol. The van der Waals surface area contributed by atoms with Crippen LogP contribution in [0.25, 0.3) is 0 Å². The molecule has 2 rings (SSSR count). The van der Waals surface area contributed by atoms with Crippen molar-refractivity contribution in [1.82, 2.24) is 10.2 Å². The Labute approximate surface area is 130 Å². The van der Waals surface area contributed by atoms with E-state index < -0.39 is 6.09 Å². The lowest BCUT2D eigenvalue weighted by Crippen LogP contribution is -2.43. The van der Waals surface area contributed by atoms with Crippen molar-refractivity contribution in [3.8, 4) is 0 Å². The molecule has 1 fully saturated rings. The Morgan fingerprint density at radius 1 is 1.23 bits per heavy atom. The lowest BCUT2D eigenvalue weighted by atomic mass is 9.97. The van der Waals surface area contributed by atoms with Crippen LogP contribution in [0.3, 0.4) is 0 Å². The minimum atomic E-state index is -0.399. The number of benzene rings is 1. The van der Waals surface area contributed by atoms with Gasteiger partial charge in [-0.1, -0.05) is 30.3 Å². The maximum atomic E-state index is 11.7. The molecule has 1 aliphatic heterocycles. The van der Waals surface area contributed by atoms with Crippen LogP contribution in [0.2, 0.25) is 0 Å². The number of alkyl carbamates (subject to hydrolysis) is 1. The molecule has 2 amide bonds. The van der Waals surface area contributed by atoms with Crippen LogP contribution in [0.15, 0.2) is 30.3 Å². The van der Waals surface area contributed by atoms with E-state index in [1.165, 1.54) is 0 Å². The van der Waals surface area contributed by atoms with Gasteiger partial charge < -0.3 is 20.7 Å². The van der Waals surface area contributed by atoms with Gasteiger partial charge in [-0.05, 0) is 24.3 Å². The van der Waals surface area contributed by atoms with Gasteiger partial charge in [-0.15, -0.1) is 0 Å². The molecule has 0 aliphatic carbocycles. The molecule has 6 nitrogen and oxygen atoms in total. The second kappa shape index (κ2) is 8.38. The summed E-state index contributed by atoms with van der Waals surface area (Å²) in [4.78, 5) is 24.9. The van der Waals surface area contributed by atoms with Gasteiger partial charge in [-0.25, -0.2) is 4.79 Å². The second-order valence-electron chi connectivity index (χ2n) is 5.47. The van der Waals surface area contributed by atoms with Gasteiger partial charge in [-0.3, -0.25) is 4.79 Å². The highest BCUT2D eigenvalue weighted by Gasteiger charge is 2.22. The predicted octanol–water partition coefficient (Wildman–Crippen LogP) is 1.11. The maximum Gasteiger partial charge on any atom is 0.407 e. The van der Waals surface area contributed by atoms with E-state index >= 15 is 0 Å². The molecule has 1 aromatic carbocycles. The topological polar surface area (TPSA) is 84.7 Å². The van der Waals surface area contributed by atoms with Gasteiger partial charge in [0.25, 0.3) is 0 Å². The van der Waals surface area contributed by atoms with Gasteiger partial charge in [-0.2, -0.15) is 0 Å². The first kappa shape index (κ1) is 16.3. The molecule has 0 bridgehead atoms. The van der Waals surface area contributed by atoms with E-state index in [1.807, 2.05) is 30.3 Å². The highest BCUT2D eigenvalue weighted by atomic mass is 16.5. The summed E-state index contributed by atoms with van der Waals surface area (Å²) in [5.74, 6) is 0.375. The Balaban J connectivity index is 1.62. The number of ether oxygens (including phenoxy) is 1. The molecule has 0 atom stereocenters. The Morgan fingerprint density at radius 2 is 1.91 bits per heavy atom. The first-order valence-electron chi connectivity index (χ1n) is 7.61. The number of nitrogens with one attached hydrogen (secondary N) is 1. The van der Waals surface area contributed by atoms with Crippen LogP contribution in [0.4, 0.5) is 4.79 Å². The highest BCUT2D eigenvalue weighted by Crippen LogP contribution is 2.16. The zero-order valence-electron chi connectivity index (χ0n) is 12.7. The molecule has 0 spiro atoms. The zero-order valence-corrected chi connectivity index (χ0v) is 12.7. The van der Waals surface area contributed by atoms with Crippen LogP contribution in [0.5, 0.6) is 0 Å². The molecule has 1 heterocycles. The van der Waals surface area contributed by atoms with Gasteiger partial charge >= 0.3 is 6.09 Å². The number of amides is 2. The van der Waals surface area contributed by atoms with E-state index in [-0.39, 0.29) is 19.1 Å². The molecule has 3 N–H and O–H groups in total. The van der Waals surface area contributed by atoms with E-state index in [2.05, 4.69) is 5.32 Å². The lowest BCUT2D eigenvalue weighted by Gasteiger charge is -2.31. The van der Waals surface area contributed by atoms with E-state index in [0.29, 0.717) is 25.6 Å². The normalized spacial score (nSPS) is 15.4. The van der Waals surface area contributed by atoms with Gasteiger partial charge in [0.1, 0.15) is 6.61 Å². The number of piperidine rings is 1. The summed E-state index contributed by atoms with van der Waals surface area (Å²) in [6, 6.07) is 9.57. The largest absolute Gasteiger partial charge is 0.445 e. The van der Waals surface area contributed by atoms with Crippen LogP contribution in [-0.2, 0) is 16.1 Å². The van der Waals surface area contributed by atoms with Crippen molar-refractivity contribution in [2.24, 2.45) is 11.7 Å². The Morgan fingerprint density at radius 3 is 2.55 bits per heavy atom. The maximum absolute atomic E-state index is 11.7. The summed E-state index contributed by atoms with van der Waals surface area (Å²) in [6.45, 7) is 2.34. The van der Waals surface area contributed by atoms with E-state index in [9.17, 15) is 9.59 Å². The molecule has 0 aromatic heterocycles. The number of hydrogen-bond donors (Lipinski definition) is 2. The van der Waals surface area contributed by atoms with Crippen molar-refractivity contribution < 1.29 is 14.3 Å². The van der Waals surface area contributed by atoms with Gasteiger partial charge in [0.2, 0.25) is 5.91 Å². The Hall–Kier alpha value is -2.08. The quantitative estimate of drug-likeness (QED) is 0.853. The average molecular weight is 305 g/mol. The van der Waals surface area contributed by atoms with Gasteiger partial charge in [0.05, 0.1) is 6.54 Å². The highest BCUT2D eigenvalue weighted by molar-refractivity contribution is 5.78. The molecule has 1 aromatic rings. The van der Waals surface area contributed by atoms with Crippen molar-refractivity contribution in [2.45, 2.75) is 19.4 Å². The van der Waals surface area contributed by atoms with E-state index in [1.54, 1.807) is 4.90 Å². The number of nitrogens with two attached hydrogens (primary N) is 1. The fraction of sp³-hybridized carbons (Fsp3) is 0.500. The third-order valence-electron chi connectivity index (χ3n) is 3.89. The Bertz CT molecular complexity index is 485. The van der Waals surface area contributed by atoms with Crippen LogP contribution in [0.1, 0.15) is 18.4 Å². The molecule has 120 valence electrons. The van der Waals surface area contributed by atoms with Gasteiger partial charge in [0.15, 0.2) is 0 Å². The van der Waals surface area contributed by atoms with Crippen molar-refractivity contribution in [2.75, 3.05) is 26.2 Å². The van der Waals surface area contributed by atoms with Crippen LogP contribution in [0, 0.1) is 5.92 Å². The third kappa shape index (κ3) is 5.04. The summed E-state index contributed by atoms with van der Waals surface area (Å²) in [5.41, 5.74) is 6.32. The smallest absolute Gasteiger partial charge is 0.407 e. The molecular weight excluding hydrogens is 282 g/mol. The van der Waals surface area contributed by atoms with Crippen LogP contribution < -0.4 is 11.1 Å². The third-order valence-corrected chi connectivity index (χ3v) is 3.89. The zero-order chi connectivity index (χ0) is 15.8. The summed E-state index contributed by atoms with van der Waals surface area (Å²) < 4.78 is 5.16. The molecule has 6 heteroatoms. The number of nitrogens with zero attached hydrogens (tertiary/aromatic N) is 1. The standard InChI is InChI=1S/C16H23N3O3/c17-10-15(20)19-8-6-13(7-9-19)11-18-16(21)22-12-14-4-2-1-3-5-14/h1-5,13H,6-12,17H2,(H,18,21). The summed E-state index contributed by atoms with van der Waals surface area (Å²) >= 11 is 0. The number of carbonyl (C=O) groups excluding carboxylic acids is 2. The number of hydrogen-bond acceptors (Lipinski definition) is 4. The Kier molecular flexibility index (Phi) is 6.21. The molecule has 0 unspecified atom stereocenters. The van der Waals surface area contributed by atoms with Crippen LogP contribution >= 0.6 is 0 Å². The first-order chi connectivity index (χ1) is 10.7. The molecule has 1 aliphatic rings. The minimum absolute atomic E-state index is 0.00585. The molecule has 1 saturated heterocycles. The minimum Gasteiger partial charge on any atom is -0.445 e. The van der Waals surface area contributed by atoms with Crippen LogP contribution in [-0.4, -0.2) is 43.1 Å². The summed E-state index contributed by atoms with van der Waals surface area (Å²) in [7, 11) is 0. The molecular formula is C16H23N3O3. The lowest BCUT2D eigenvalue weighted by molar-refractivity contribution is -0.131. The number of rotatable bonds is 5. The van der Waals surface area contributed by atoms with E-state index in [0.717, 1.165) is 18.4 Å². The SMILES string of the molecule is NCC(=O)N1CCC(CNC(=O)OCc2ccccc2)CC1. The fourth-order valence-corrected chi connectivity index (χ4v) is 2.52. The van der Waals surface area contributed by atoms with Crippen molar-refractivity contribution >= 4 is 12.0 Å². The number of carbonyl (C=O) groups is 2. The molecule has 0 saturated carbocycles. The molecule has 22 heavy (non-hydrogen) atoms. The average Bonchev–Trinajstić information content (AvgIpc) is 2.58. The van der Waals surface area contributed by atoms with Crippen molar-refractivity contribution in [1.29, 1.82) is 0 Å². The van der Waals surface area contributed by atoms with Crippen molar-refractivity contribution in [3.05, 3.63) is 35.9 Å². The summed E-state index contributed by atoms with van der Waals surface area (Å²) in [6.07, 6.45) is 1.36. The number of likely N-dealkylation sites (tertiary alicyclic amines) is 1. The fourth-order valence-electron chi connectivity index (χ4n) is 2.52. The summed E-state index contributed by atoms with van der Waals surface area (Å²) in [5, 5.41) is 2.79. The van der Waals surface area contributed by atoms with Gasteiger partial charge in [0, 0.05) is 19.6 Å². The first-order valence-corrected chi connectivity index (χ1v) is 7.61. The molecule has 0 radical (unpaired) electrons. The van der Waals surface area contributed by atoms with Crippen molar-refractivity contribution in [3.63, 3.8) is 0 Å².